The van der Waals surface area contributed by atoms with E-state index < -0.39 is 33.7 Å². The fourth-order valence-electron chi connectivity index (χ4n) is 2.66. The lowest BCUT2D eigenvalue weighted by atomic mass is 10.0. The number of hydrogen-bond donors (Lipinski definition) is 1. The van der Waals surface area contributed by atoms with Crippen molar-refractivity contribution in [3.63, 3.8) is 0 Å². The van der Waals surface area contributed by atoms with E-state index in [0.29, 0.717) is 24.6 Å². The van der Waals surface area contributed by atoms with Crippen LogP contribution >= 0.6 is 0 Å². The van der Waals surface area contributed by atoms with Crippen LogP contribution < -0.4 is 5.32 Å². The summed E-state index contributed by atoms with van der Waals surface area (Å²) in [5, 5.41) is 13.1. The van der Waals surface area contributed by atoms with Gasteiger partial charge in [0.05, 0.1) is 16.6 Å². The van der Waals surface area contributed by atoms with Crippen molar-refractivity contribution < 1.29 is 18.5 Å². The van der Waals surface area contributed by atoms with Crippen molar-refractivity contribution in [1.82, 2.24) is 5.32 Å². The second-order valence-electron chi connectivity index (χ2n) is 5.24. The Bertz CT molecular complexity index is 557. The van der Waals surface area contributed by atoms with Crippen LogP contribution in [0.25, 0.3) is 0 Å². The van der Waals surface area contributed by atoms with E-state index in [1.165, 1.54) is 12.8 Å². The standard InChI is InChI=1S/C14H16F2N2O3/c15-10-7-11(13(16)12(8-10)18(20)21)14(19)17-6-5-9-3-1-2-4-9/h7-9H,1-6H2,(H,17,19). The largest absolute Gasteiger partial charge is 0.352 e. The molecule has 1 aliphatic rings. The molecule has 0 unspecified atom stereocenters. The van der Waals surface area contributed by atoms with E-state index in [2.05, 4.69) is 5.32 Å². The van der Waals surface area contributed by atoms with Crippen LogP contribution in [-0.2, 0) is 0 Å². The van der Waals surface area contributed by atoms with Crippen LogP contribution in [0.4, 0.5) is 14.5 Å². The van der Waals surface area contributed by atoms with Crippen LogP contribution in [0.1, 0.15) is 42.5 Å². The van der Waals surface area contributed by atoms with Gasteiger partial charge >= 0.3 is 5.69 Å². The summed E-state index contributed by atoms with van der Waals surface area (Å²) in [4.78, 5) is 21.4. The maximum atomic E-state index is 13.8. The topological polar surface area (TPSA) is 72.2 Å². The van der Waals surface area contributed by atoms with Gasteiger partial charge in [0.1, 0.15) is 5.82 Å². The number of halogens is 2. The Morgan fingerprint density at radius 2 is 2.00 bits per heavy atom. The number of rotatable bonds is 5. The van der Waals surface area contributed by atoms with E-state index in [1.807, 2.05) is 0 Å². The Morgan fingerprint density at radius 3 is 2.62 bits per heavy atom. The van der Waals surface area contributed by atoms with E-state index in [-0.39, 0.29) is 0 Å². The van der Waals surface area contributed by atoms with Gasteiger partial charge in [-0.1, -0.05) is 25.7 Å². The van der Waals surface area contributed by atoms with Gasteiger partial charge in [0.2, 0.25) is 5.82 Å². The quantitative estimate of drug-likeness (QED) is 0.670. The van der Waals surface area contributed by atoms with Crippen molar-refractivity contribution in [3.05, 3.63) is 39.4 Å². The molecule has 0 atom stereocenters. The number of amides is 1. The molecule has 0 heterocycles. The minimum atomic E-state index is -1.31. The molecule has 0 aliphatic heterocycles. The molecule has 1 aromatic carbocycles. The Hall–Kier alpha value is -2.05. The highest BCUT2D eigenvalue weighted by atomic mass is 19.1. The van der Waals surface area contributed by atoms with E-state index >= 15 is 0 Å². The Kier molecular flexibility index (Phi) is 4.82. The van der Waals surface area contributed by atoms with Gasteiger partial charge in [-0.3, -0.25) is 14.9 Å². The maximum absolute atomic E-state index is 13.8. The van der Waals surface area contributed by atoms with Crippen molar-refractivity contribution in [2.75, 3.05) is 6.54 Å². The Balaban J connectivity index is 2.02. The second-order valence-corrected chi connectivity index (χ2v) is 5.24. The molecule has 21 heavy (non-hydrogen) atoms. The molecule has 0 spiro atoms. The number of nitro groups is 1. The summed E-state index contributed by atoms with van der Waals surface area (Å²) in [5.41, 5.74) is -1.66. The molecule has 1 amide bonds. The van der Waals surface area contributed by atoms with Gasteiger partial charge in [0.15, 0.2) is 0 Å². The van der Waals surface area contributed by atoms with Crippen LogP contribution in [0.2, 0.25) is 0 Å². The SMILES string of the molecule is O=C(NCCC1CCCC1)c1cc(F)cc([N+](=O)[O-])c1F. The fourth-order valence-corrected chi connectivity index (χ4v) is 2.66. The fraction of sp³-hybridized carbons (Fsp3) is 0.500. The van der Waals surface area contributed by atoms with Gasteiger partial charge in [0.25, 0.3) is 5.91 Å². The van der Waals surface area contributed by atoms with Gasteiger partial charge in [0, 0.05) is 6.54 Å². The van der Waals surface area contributed by atoms with Crippen LogP contribution in [0, 0.1) is 27.7 Å². The van der Waals surface area contributed by atoms with Crippen LogP contribution in [0.3, 0.4) is 0 Å². The van der Waals surface area contributed by atoms with Crippen molar-refractivity contribution >= 4 is 11.6 Å². The molecule has 1 fully saturated rings. The van der Waals surface area contributed by atoms with Crippen molar-refractivity contribution in [2.45, 2.75) is 32.1 Å². The molecule has 1 N–H and O–H groups in total. The van der Waals surface area contributed by atoms with Gasteiger partial charge < -0.3 is 5.32 Å². The molecule has 0 saturated heterocycles. The predicted octanol–water partition coefficient (Wildman–Crippen LogP) is 3.18. The first-order valence-electron chi connectivity index (χ1n) is 6.90. The average Bonchev–Trinajstić information content (AvgIpc) is 2.93. The summed E-state index contributed by atoms with van der Waals surface area (Å²) in [6.45, 7) is 0.354. The van der Waals surface area contributed by atoms with Crippen LogP contribution in [0.5, 0.6) is 0 Å². The Labute approximate surface area is 120 Å². The van der Waals surface area contributed by atoms with Crippen LogP contribution in [-0.4, -0.2) is 17.4 Å². The number of hydrogen-bond acceptors (Lipinski definition) is 3. The first-order chi connectivity index (χ1) is 9.99. The van der Waals surface area contributed by atoms with Crippen molar-refractivity contribution in [3.8, 4) is 0 Å². The van der Waals surface area contributed by atoms with E-state index in [0.717, 1.165) is 19.3 Å². The van der Waals surface area contributed by atoms with Crippen LogP contribution in [0.15, 0.2) is 12.1 Å². The molecule has 0 radical (unpaired) electrons. The van der Waals surface area contributed by atoms with E-state index in [1.54, 1.807) is 0 Å². The molecule has 1 aromatic rings. The smallest absolute Gasteiger partial charge is 0.308 e. The molecular weight excluding hydrogens is 282 g/mol. The molecule has 0 bridgehead atoms. The normalized spacial score (nSPS) is 15.1. The highest BCUT2D eigenvalue weighted by molar-refractivity contribution is 5.95. The maximum Gasteiger partial charge on any atom is 0.308 e. The lowest BCUT2D eigenvalue weighted by Crippen LogP contribution is -2.27. The highest BCUT2D eigenvalue weighted by Gasteiger charge is 2.24. The minimum absolute atomic E-state index is 0.354. The third kappa shape index (κ3) is 3.74. The average molecular weight is 298 g/mol. The third-order valence-corrected chi connectivity index (χ3v) is 3.77. The zero-order valence-corrected chi connectivity index (χ0v) is 11.4. The predicted molar refractivity (Wildman–Crippen MR) is 71.9 cm³/mol. The molecule has 1 aliphatic carbocycles. The Morgan fingerprint density at radius 1 is 1.33 bits per heavy atom. The van der Waals surface area contributed by atoms with Gasteiger partial charge in [-0.05, 0) is 18.4 Å². The van der Waals surface area contributed by atoms with E-state index in [9.17, 15) is 23.7 Å². The molecule has 5 nitrogen and oxygen atoms in total. The number of carbonyl (C=O) groups excluding carboxylic acids is 1. The number of benzene rings is 1. The van der Waals surface area contributed by atoms with E-state index in [4.69, 9.17) is 0 Å². The first kappa shape index (κ1) is 15.3. The number of nitro benzene ring substituents is 1. The number of carbonyl (C=O) groups is 1. The summed E-state index contributed by atoms with van der Waals surface area (Å²) in [6, 6.07) is 1.14. The molecule has 7 heteroatoms. The first-order valence-corrected chi connectivity index (χ1v) is 6.90. The lowest BCUT2D eigenvalue weighted by molar-refractivity contribution is -0.387. The number of nitrogens with one attached hydrogen (secondary N) is 1. The summed E-state index contributed by atoms with van der Waals surface area (Å²) < 4.78 is 27.1. The van der Waals surface area contributed by atoms with Gasteiger partial charge in [-0.25, -0.2) is 4.39 Å². The zero-order chi connectivity index (χ0) is 15.4. The van der Waals surface area contributed by atoms with Crippen molar-refractivity contribution in [1.29, 1.82) is 0 Å². The second kappa shape index (κ2) is 6.60. The summed E-state index contributed by atoms with van der Waals surface area (Å²) in [6.07, 6.45) is 5.39. The molecule has 0 aromatic heterocycles. The summed E-state index contributed by atoms with van der Waals surface area (Å²) in [7, 11) is 0. The number of nitrogens with zero attached hydrogens (tertiary/aromatic N) is 1. The monoisotopic (exact) mass is 298 g/mol. The van der Waals surface area contributed by atoms with Gasteiger partial charge in [-0.15, -0.1) is 0 Å². The molecule has 1 saturated carbocycles. The van der Waals surface area contributed by atoms with Crippen molar-refractivity contribution in [2.24, 2.45) is 5.92 Å². The molecule has 114 valence electrons. The highest BCUT2D eigenvalue weighted by Crippen LogP contribution is 2.27. The molecular formula is C14H16F2N2O3. The zero-order valence-electron chi connectivity index (χ0n) is 11.4. The lowest BCUT2D eigenvalue weighted by Gasteiger charge is -2.10. The summed E-state index contributed by atoms with van der Waals surface area (Å²) >= 11 is 0. The minimum Gasteiger partial charge on any atom is -0.352 e. The summed E-state index contributed by atoms with van der Waals surface area (Å²) in [5.74, 6) is -2.59. The molecule has 2 rings (SSSR count). The van der Waals surface area contributed by atoms with Gasteiger partial charge in [-0.2, -0.15) is 4.39 Å². The third-order valence-electron chi connectivity index (χ3n) is 3.77.